The highest BCUT2D eigenvalue weighted by atomic mass is 16.5. The quantitative estimate of drug-likeness (QED) is 0.517. The maximum absolute atomic E-state index is 12.3. The number of methoxy groups -OCH3 is 2. The van der Waals surface area contributed by atoms with Gasteiger partial charge in [-0.3, -0.25) is 4.79 Å². The molecule has 31 heavy (non-hydrogen) atoms. The van der Waals surface area contributed by atoms with Gasteiger partial charge in [0.2, 0.25) is 0 Å². The summed E-state index contributed by atoms with van der Waals surface area (Å²) in [7, 11) is 2.90. The highest BCUT2D eigenvalue weighted by Crippen LogP contribution is 2.31. The third-order valence-corrected chi connectivity index (χ3v) is 4.30. The fourth-order valence-corrected chi connectivity index (χ4v) is 2.91. The van der Waals surface area contributed by atoms with Crippen LogP contribution in [0.25, 0.3) is 0 Å². The van der Waals surface area contributed by atoms with Crippen molar-refractivity contribution in [2.45, 2.75) is 20.3 Å². The van der Waals surface area contributed by atoms with Gasteiger partial charge in [-0.25, -0.2) is 4.79 Å². The van der Waals surface area contributed by atoms with E-state index in [0.29, 0.717) is 43.4 Å². The van der Waals surface area contributed by atoms with Crippen molar-refractivity contribution < 1.29 is 33.3 Å². The van der Waals surface area contributed by atoms with Gasteiger partial charge in [0.05, 0.1) is 27.4 Å². The SMILES string of the molecule is CCOc1ccc(CCNC(=O)COC(=O)c2cccc(OC)c2OC)cc1OCC. The third kappa shape index (κ3) is 6.80. The number of carbonyl (C=O) groups excluding carboxylic acids is 2. The van der Waals surface area contributed by atoms with Crippen LogP contribution in [0.3, 0.4) is 0 Å². The van der Waals surface area contributed by atoms with Crippen LogP contribution >= 0.6 is 0 Å². The Morgan fingerprint density at radius 2 is 1.65 bits per heavy atom. The van der Waals surface area contributed by atoms with Crippen molar-refractivity contribution in [2.24, 2.45) is 0 Å². The van der Waals surface area contributed by atoms with Crippen LogP contribution in [0.2, 0.25) is 0 Å². The molecule has 2 rings (SSSR count). The van der Waals surface area contributed by atoms with E-state index in [1.165, 1.54) is 14.2 Å². The Hall–Kier alpha value is -3.42. The van der Waals surface area contributed by atoms with E-state index in [2.05, 4.69) is 5.32 Å². The fourth-order valence-electron chi connectivity index (χ4n) is 2.91. The lowest BCUT2D eigenvalue weighted by Gasteiger charge is -2.13. The first-order chi connectivity index (χ1) is 15.0. The number of rotatable bonds is 12. The standard InChI is InChI=1S/C23H29NO7/c1-5-29-18-11-10-16(14-20(18)30-6-2)12-13-24-21(25)15-31-23(26)17-8-7-9-19(27-3)22(17)28-4/h7-11,14H,5-6,12-13,15H2,1-4H3,(H,24,25). The highest BCUT2D eigenvalue weighted by Gasteiger charge is 2.18. The summed E-state index contributed by atoms with van der Waals surface area (Å²) < 4.78 is 26.6. The third-order valence-electron chi connectivity index (χ3n) is 4.30. The molecule has 0 aliphatic heterocycles. The molecule has 8 nitrogen and oxygen atoms in total. The Morgan fingerprint density at radius 1 is 0.903 bits per heavy atom. The smallest absolute Gasteiger partial charge is 0.342 e. The molecule has 0 aromatic heterocycles. The Labute approximate surface area is 182 Å². The Kier molecular flexibility index (Phi) is 9.48. The molecule has 1 N–H and O–H groups in total. The summed E-state index contributed by atoms with van der Waals surface area (Å²) in [6.07, 6.45) is 0.593. The predicted molar refractivity (Wildman–Crippen MR) is 115 cm³/mol. The summed E-state index contributed by atoms with van der Waals surface area (Å²) in [5.41, 5.74) is 1.18. The van der Waals surface area contributed by atoms with Crippen molar-refractivity contribution in [3.05, 3.63) is 47.5 Å². The zero-order valence-corrected chi connectivity index (χ0v) is 18.4. The molecule has 0 aliphatic carbocycles. The van der Waals surface area contributed by atoms with Crippen LogP contribution in [0.5, 0.6) is 23.0 Å². The second-order valence-electron chi connectivity index (χ2n) is 6.36. The minimum Gasteiger partial charge on any atom is -0.493 e. The van der Waals surface area contributed by atoms with Crippen LogP contribution < -0.4 is 24.3 Å². The van der Waals surface area contributed by atoms with E-state index < -0.39 is 18.5 Å². The normalized spacial score (nSPS) is 10.2. The van der Waals surface area contributed by atoms with Crippen LogP contribution in [-0.2, 0) is 16.0 Å². The summed E-state index contributed by atoms with van der Waals surface area (Å²) in [5, 5.41) is 2.74. The van der Waals surface area contributed by atoms with Crippen molar-refractivity contribution in [1.82, 2.24) is 5.32 Å². The number of para-hydroxylation sites is 1. The predicted octanol–water partition coefficient (Wildman–Crippen LogP) is 3.02. The molecule has 0 spiro atoms. The number of ether oxygens (including phenoxy) is 5. The Balaban J connectivity index is 1.85. The minimum atomic E-state index is -0.668. The largest absolute Gasteiger partial charge is 0.493 e. The van der Waals surface area contributed by atoms with Crippen LogP contribution in [0, 0.1) is 0 Å². The molecular formula is C23H29NO7. The summed E-state index contributed by atoms with van der Waals surface area (Å²) in [5.74, 6) is 0.968. The summed E-state index contributed by atoms with van der Waals surface area (Å²) in [6, 6.07) is 10.5. The zero-order valence-electron chi connectivity index (χ0n) is 18.4. The highest BCUT2D eigenvalue weighted by molar-refractivity contribution is 5.94. The van der Waals surface area contributed by atoms with E-state index in [0.717, 1.165) is 5.56 Å². The van der Waals surface area contributed by atoms with Gasteiger partial charge in [-0.2, -0.15) is 0 Å². The molecule has 1 amide bonds. The number of carbonyl (C=O) groups is 2. The monoisotopic (exact) mass is 431 g/mol. The zero-order chi connectivity index (χ0) is 22.6. The first-order valence-electron chi connectivity index (χ1n) is 10.1. The maximum Gasteiger partial charge on any atom is 0.342 e. The summed E-state index contributed by atoms with van der Waals surface area (Å²) in [4.78, 5) is 24.4. The molecular weight excluding hydrogens is 402 g/mol. The van der Waals surface area contributed by atoms with Gasteiger partial charge in [-0.15, -0.1) is 0 Å². The van der Waals surface area contributed by atoms with E-state index >= 15 is 0 Å². The molecule has 0 radical (unpaired) electrons. The van der Waals surface area contributed by atoms with Gasteiger partial charge in [-0.1, -0.05) is 12.1 Å². The fraction of sp³-hybridized carbons (Fsp3) is 0.391. The number of hydrogen-bond acceptors (Lipinski definition) is 7. The van der Waals surface area contributed by atoms with Crippen LogP contribution in [-0.4, -0.2) is 52.5 Å². The lowest BCUT2D eigenvalue weighted by molar-refractivity contribution is -0.124. The number of hydrogen-bond donors (Lipinski definition) is 1. The van der Waals surface area contributed by atoms with Crippen molar-refractivity contribution in [1.29, 1.82) is 0 Å². The van der Waals surface area contributed by atoms with Crippen molar-refractivity contribution in [3.8, 4) is 23.0 Å². The van der Waals surface area contributed by atoms with E-state index in [9.17, 15) is 9.59 Å². The molecule has 0 unspecified atom stereocenters. The van der Waals surface area contributed by atoms with Gasteiger partial charge in [0.25, 0.3) is 5.91 Å². The van der Waals surface area contributed by atoms with Crippen LogP contribution in [0.15, 0.2) is 36.4 Å². The molecule has 168 valence electrons. The maximum atomic E-state index is 12.3. The molecule has 0 saturated heterocycles. The van der Waals surface area contributed by atoms with Gasteiger partial charge in [0.1, 0.15) is 5.56 Å². The molecule has 0 aliphatic rings. The first kappa shape index (κ1) is 23.9. The average Bonchev–Trinajstić information content (AvgIpc) is 2.78. The summed E-state index contributed by atoms with van der Waals surface area (Å²) >= 11 is 0. The van der Waals surface area contributed by atoms with Gasteiger partial charge >= 0.3 is 5.97 Å². The van der Waals surface area contributed by atoms with Gasteiger partial charge in [0, 0.05) is 6.54 Å². The first-order valence-corrected chi connectivity index (χ1v) is 10.1. The number of nitrogens with one attached hydrogen (secondary N) is 1. The van der Waals surface area contributed by atoms with E-state index in [-0.39, 0.29) is 11.3 Å². The van der Waals surface area contributed by atoms with E-state index in [1.54, 1.807) is 18.2 Å². The van der Waals surface area contributed by atoms with Crippen molar-refractivity contribution >= 4 is 11.9 Å². The number of amides is 1. The van der Waals surface area contributed by atoms with Gasteiger partial charge in [-0.05, 0) is 50.1 Å². The van der Waals surface area contributed by atoms with Crippen LogP contribution in [0.1, 0.15) is 29.8 Å². The topological polar surface area (TPSA) is 92.3 Å². The van der Waals surface area contributed by atoms with Gasteiger partial charge in [0.15, 0.2) is 29.6 Å². The molecule has 2 aromatic rings. The molecule has 0 atom stereocenters. The molecule has 0 saturated carbocycles. The molecule has 8 heteroatoms. The second kappa shape index (κ2) is 12.3. The second-order valence-corrected chi connectivity index (χ2v) is 6.36. The number of benzene rings is 2. The van der Waals surface area contributed by atoms with E-state index in [1.807, 2.05) is 32.0 Å². The van der Waals surface area contributed by atoms with Crippen molar-refractivity contribution in [3.63, 3.8) is 0 Å². The Morgan fingerprint density at radius 3 is 2.32 bits per heavy atom. The lowest BCUT2D eigenvalue weighted by atomic mass is 10.1. The van der Waals surface area contributed by atoms with Gasteiger partial charge < -0.3 is 29.0 Å². The summed E-state index contributed by atoms with van der Waals surface area (Å²) in [6.45, 7) is 4.89. The minimum absolute atomic E-state index is 0.187. The molecule has 2 aromatic carbocycles. The van der Waals surface area contributed by atoms with E-state index in [4.69, 9.17) is 23.7 Å². The molecule has 0 bridgehead atoms. The molecule has 0 heterocycles. The van der Waals surface area contributed by atoms with Crippen LogP contribution in [0.4, 0.5) is 0 Å². The molecule has 0 fully saturated rings. The average molecular weight is 431 g/mol. The Bertz CT molecular complexity index is 882. The number of esters is 1. The lowest BCUT2D eigenvalue weighted by Crippen LogP contribution is -2.30. The van der Waals surface area contributed by atoms with Crippen molar-refractivity contribution in [2.75, 3.05) is 40.6 Å².